The Labute approximate surface area is 107 Å². The summed E-state index contributed by atoms with van der Waals surface area (Å²) in [6, 6.07) is 0.636. The Hall–Kier alpha value is -1.59. The van der Waals surface area contributed by atoms with E-state index in [-0.39, 0.29) is 12.1 Å². The van der Waals surface area contributed by atoms with Gasteiger partial charge in [0.25, 0.3) is 0 Å². The van der Waals surface area contributed by atoms with Crippen LogP contribution in [0.2, 0.25) is 0 Å². The van der Waals surface area contributed by atoms with Crippen molar-refractivity contribution in [2.24, 2.45) is 0 Å². The third-order valence-electron chi connectivity index (χ3n) is 2.94. The van der Waals surface area contributed by atoms with Crippen molar-refractivity contribution in [2.45, 2.75) is 45.1 Å². The molecule has 1 N–H and O–H groups in total. The van der Waals surface area contributed by atoms with E-state index in [9.17, 15) is 0 Å². The molecule has 1 saturated carbocycles. The number of nitrogens with one attached hydrogen (secondary N) is 1. The second-order valence-electron chi connectivity index (χ2n) is 4.34. The van der Waals surface area contributed by atoms with E-state index in [2.05, 4.69) is 20.3 Å². The highest BCUT2D eigenvalue weighted by atomic mass is 16.5. The molecule has 1 heterocycles. The summed E-state index contributed by atoms with van der Waals surface area (Å²) in [4.78, 5) is 12.5. The molecule has 100 valence electrons. The topological polar surface area (TPSA) is 69.2 Å². The van der Waals surface area contributed by atoms with Gasteiger partial charge in [0.15, 0.2) is 0 Å². The van der Waals surface area contributed by atoms with Gasteiger partial charge in [0.1, 0.15) is 6.10 Å². The van der Waals surface area contributed by atoms with Crippen LogP contribution >= 0.6 is 0 Å². The number of hydrogen-bond acceptors (Lipinski definition) is 6. The van der Waals surface area contributed by atoms with Gasteiger partial charge in [-0.05, 0) is 32.6 Å². The Morgan fingerprint density at radius 3 is 2.50 bits per heavy atom. The first-order valence-corrected chi connectivity index (χ1v) is 6.52. The molecule has 1 fully saturated rings. The molecule has 1 aromatic rings. The smallest absolute Gasteiger partial charge is 0.324 e. The summed E-state index contributed by atoms with van der Waals surface area (Å²) >= 11 is 0. The van der Waals surface area contributed by atoms with E-state index in [0.29, 0.717) is 12.0 Å². The van der Waals surface area contributed by atoms with E-state index in [1.165, 1.54) is 26.4 Å². The minimum atomic E-state index is 0.223. The van der Waals surface area contributed by atoms with Gasteiger partial charge in [-0.25, -0.2) is 0 Å². The molecular formula is C12H20N4O2. The molecule has 1 aliphatic carbocycles. The maximum atomic E-state index is 5.80. The van der Waals surface area contributed by atoms with Gasteiger partial charge in [-0.2, -0.15) is 9.97 Å². The first kappa shape index (κ1) is 12.9. The highest BCUT2D eigenvalue weighted by Crippen LogP contribution is 2.22. The molecule has 18 heavy (non-hydrogen) atoms. The molecule has 0 amide bonds. The van der Waals surface area contributed by atoms with Gasteiger partial charge in [0.2, 0.25) is 5.95 Å². The third-order valence-corrected chi connectivity index (χ3v) is 2.94. The van der Waals surface area contributed by atoms with Crippen LogP contribution in [0.25, 0.3) is 0 Å². The lowest BCUT2D eigenvalue weighted by molar-refractivity contribution is 0.140. The molecule has 6 heteroatoms. The van der Waals surface area contributed by atoms with Crippen molar-refractivity contribution in [2.75, 3.05) is 19.0 Å². The van der Waals surface area contributed by atoms with Crippen LogP contribution in [-0.2, 0) is 0 Å². The molecular weight excluding hydrogens is 232 g/mol. The summed E-state index contributed by atoms with van der Waals surface area (Å²) in [5, 5.41) is 3.04. The molecule has 0 bridgehead atoms. The molecule has 0 aliphatic heterocycles. The zero-order chi connectivity index (χ0) is 12.8. The molecule has 6 nitrogen and oxygen atoms in total. The first-order chi connectivity index (χ1) is 8.81. The number of hydrogen-bond donors (Lipinski definition) is 1. The van der Waals surface area contributed by atoms with Crippen molar-refractivity contribution in [3.63, 3.8) is 0 Å². The van der Waals surface area contributed by atoms with Crippen molar-refractivity contribution < 1.29 is 9.47 Å². The molecule has 1 aliphatic rings. The SMILES string of the molecule is CCNc1nc(OC)nc(OC2CCCCC2)n1. The van der Waals surface area contributed by atoms with Crippen LogP contribution in [0.5, 0.6) is 12.0 Å². The van der Waals surface area contributed by atoms with Crippen molar-refractivity contribution in [3.8, 4) is 12.0 Å². The molecule has 0 unspecified atom stereocenters. The second-order valence-corrected chi connectivity index (χ2v) is 4.34. The molecule has 0 atom stereocenters. The van der Waals surface area contributed by atoms with E-state index in [4.69, 9.17) is 9.47 Å². The second kappa shape index (κ2) is 6.37. The van der Waals surface area contributed by atoms with Crippen molar-refractivity contribution in [1.29, 1.82) is 0 Å². The van der Waals surface area contributed by atoms with Crippen molar-refractivity contribution >= 4 is 5.95 Å². The van der Waals surface area contributed by atoms with Crippen LogP contribution < -0.4 is 14.8 Å². The lowest BCUT2D eigenvalue weighted by atomic mass is 9.98. The lowest BCUT2D eigenvalue weighted by Crippen LogP contribution is -2.21. The number of aromatic nitrogens is 3. The van der Waals surface area contributed by atoms with Gasteiger partial charge in [-0.3, -0.25) is 0 Å². The number of rotatable bonds is 5. The highest BCUT2D eigenvalue weighted by Gasteiger charge is 2.17. The summed E-state index contributed by atoms with van der Waals surface area (Å²) in [6.45, 7) is 2.73. The Bertz CT molecular complexity index is 380. The van der Waals surface area contributed by atoms with Gasteiger partial charge < -0.3 is 14.8 Å². The number of methoxy groups -OCH3 is 1. The summed E-state index contributed by atoms with van der Waals surface area (Å²) in [6.07, 6.45) is 6.10. The Morgan fingerprint density at radius 2 is 1.83 bits per heavy atom. The average Bonchev–Trinajstić information content (AvgIpc) is 2.40. The first-order valence-electron chi connectivity index (χ1n) is 6.52. The van der Waals surface area contributed by atoms with Crippen LogP contribution in [0, 0.1) is 0 Å². The van der Waals surface area contributed by atoms with Crippen molar-refractivity contribution in [1.82, 2.24) is 15.0 Å². The maximum absolute atomic E-state index is 5.80. The van der Waals surface area contributed by atoms with E-state index < -0.39 is 0 Å². The van der Waals surface area contributed by atoms with Crippen LogP contribution in [0.4, 0.5) is 5.95 Å². The summed E-state index contributed by atoms with van der Waals surface area (Å²) in [7, 11) is 1.54. The number of ether oxygens (including phenoxy) is 2. The summed E-state index contributed by atoms with van der Waals surface area (Å²) in [5.41, 5.74) is 0. The Morgan fingerprint density at radius 1 is 1.11 bits per heavy atom. The zero-order valence-corrected chi connectivity index (χ0v) is 11.0. The van der Waals surface area contributed by atoms with Gasteiger partial charge in [0.05, 0.1) is 7.11 Å². The fourth-order valence-corrected chi connectivity index (χ4v) is 2.05. The summed E-state index contributed by atoms with van der Waals surface area (Å²) < 4.78 is 10.9. The Balaban J connectivity index is 2.07. The Kier molecular flexibility index (Phi) is 4.55. The van der Waals surface area contributed by atoms with E-state index in [0.717, 1.165) is 19.4 Å². The molecule has 0 aromatic carbocycles. The standard InChI is InChI=1S/C12H20N4O2/c1-3-13-10-14-11(17-2)16-12(15-10)18-9-7-5-4-6-8-9/h9H,3-8H2,1-2H3,(H,13,14,15,16). The molecule has 0 saturated heterocycles. The number of anilines is 1. The zero-order valence-electron chi connectivity index (χ0n) is 11.0. The van der Waals surface area contributed by atoms with Gasteiger partial charge in [0, 0.05) is 6.54 Å². The quantitative estimate of drug-likeness (QED) is 0.864. The van der Waals surface area contributed by atoms with Crippen LogP contribution in [0.1, 0.15) is 39.0 Å². The predicted octanol–water partition coefficient (Wildman–Crippen LogP) is 2.02. The minimum Gasteiger partial charge on any atom is -0.467 e. The molecule has 0 radical (unpaired) electrons. The third kappa shape index (κ3) is 3.45. The fourth-order valence-electron chi connectivity index (χ4n) is 2.05. The molecule has 0 spiro atoms. The lowest BCUT2D eigenvalue weighted by Gasteiger charge is -2.21. The predicted molar refractivity (Wildman–Crippen MR) is 68.0 cm³/mol. The maximum Gasteiger partial charge on any atom is 0.324 e. The molecule has 2 rings (SSSR count). The van der Waals surface area contributed by atoms with Gasteiger partial charge in [-0.15, -0.1) is 4.98 Å². The van der Waals surface area contributed by atoms with Crippen LogP contribution in [0.3, 0.4) is 0 Å². The number of nitrogens with zero attached hydrogens (tertiary/aromatic N) is 3. The van der Waals surface area contributed by atoms with E-state index in [1.807, 2.05) is 6.92 Å². The van der Waals surface area contributed by atoms with Crippen LogP contribution in [0.15, 0.2) is 0 Å². The van der Waals surface area contributed by atoms with Gasteiger partial charge >= 0.3 is 12.0 Å². The van der Waals surface area contributed by atoms with E-state index >= 15 is 0 Å². The highest BCUT2D eigenvalue weighted by molar-refractivity contribution is 5.27. The van der Waals surface area contributed by atoms with Gasteiger partial charge in [-0.1, -0.05) is 6.42 Å². The average molecular weight is 252 g/mol. The minimum absolute atomic E-state index is 0.223. The van der Waals surface area contributed by atoms with E-state index in [1.54, 1.807) is 0 Å². The monoisotopic (exact) mass is 252 g/mol. The largest absolute Gasteiger partial charge is 0.467 e. The van der Waals surface area contributed by atoms with Crippen molar-refractivity contribution in [3.05, 3.63) is 0 Å². The normalized spacial score (nSPS) is 16.3. The van der Waals surface area contributed by atoms with Crippen LogP contribution in [-0.4, -0.2) is 34.7 Å². The fraction of sp³-hybridized carbons (Fsp3) is 0.750. The molecule has 1 aromatic heterocycles. The summed E-state index contributed by atoms with van der Waals surface area (Å²) in [5.74, 6) is 0.496.